The smallest absolute Gasteiger partial charge is 0.149 e. The maximum absolute atomic E-state index is 9.39. The normalized spacial score (nSPS) is 12.9. The molecule has 0 bridgehead atoms. The summed E-state index contributed by atoms with van der Waals surface area (Å²) in [4.78, 5) is 0. The van der Waals surface area contributed by atoms with Crippen LogP contribution in [0.4, 0.5) is 0 Å². The second-order valence-electron chi connectivity index (χ2n) is 9.08. The zero-order valence-electron chi connectivity index (χ0n) is 21.5. The van der Waals surface area contributed by atoms with Gasteiger partial charge in [-0.25, -0.2) is 0 Å². The van der Waals surface area contributed by atoms with Crippen molar-refractivity contribution in [2.75, 3.05) is 0 Å². The molecule has 0 heterocycles. The van der Waals surface area contributed by atoms with Crippen molar-refractivity contribution >= 4 is 11.7 Å². The van der Waals surface area contributed by atoms with Gasteiger partial charge in [-0.3, -0.25) is 32.2 Å². The average Bonchev–Trinajstić information content (AvgIpc) is 2.85. The molecule has 0 saturated carbocycles. The molecule has 1 rings (SSSR count). The van der Waals surface area contributed by atoms with Gasteiger partial charge >= 0.3 is 0 Å². The Bertz CT molecular complexity index is 680. The van der Waals surface area contributed by atoms with Crippen LogP contribution in [-0.2, 0) is 22.7 Å². The summed E-state index contributed by atoms with van der Waals surface area (Å²) in [6.45, 7) is 8.90. The van der Waals surface area contributed by atoms with E-state index in [9.17, 15) is 10.4 Å². The molecule has 0 saturated heterocycles. The number of nitrogens with one attached hydrogen (secondary N) is 4. The molecule has 2 unspecified atom stereocenters. The quantitative estimate of drug-likeness (QED) is 0.0659. The molecule has 8 nitrogen and oxygen atoms in total. The lowest BCUT2D eigenvalue weighted by molar-refractivity contribution is 0.0441. The highest BCUT2D eigenvalue weighted by Gasteiger charge is 2.18. The molecule has 0 fully saturated rings. The summed E-state index contributed by atoms with van der Waals surface area (Å²) in [6, 6.07) is 3.45. The van der Waals surface area contributed by atoms with Gasteiger partial charge in [-0.05, 0) is 49.9 Å². The van der Waals surface area contributed by atoms with Crippen molar-refractivity contribution in [3.8, 4) is 0 Å². The van der Waals surface area contributed by atoms with Gasteiger partial charge in [-0.15, -0.1) is 0 Å². The van der Waals surface area contributed by atoms with Crippen LogP contribution in [0.1, 0.15) is 114 Å². The lowest BCUT2D eigenvalue weighted by Gasteiger charge is -2.20. The lowest BCUT2D eigenvalue weighted by Crippen LogP contribution is -2.25. The third-order valence-corrected chi connectivity index (χ3v) is 6.07. The molecule has 0 spiro atoms. The summed E-state index contributed by atoms with van der Waals surface area (Å²) >= 11 is 0. The molecule has 8 heteroatoms. The Balaban J connectivity index is 2.98. The Morgan fingerprint density at radius 1 is 0.735 bits per heavy atom. The van der Waals surface area contributed by atoms with Crippen LogP contribution in [0.25, 0.3) is 0 Å². The molecule has 194 valence electrons. The van der Waals surface area contributed by atoms with Crippen LogP contribution in [0.2, 0.25) is 0 Å². The van der Waals surface area contributed by atoms with Crippen molar-refractivity contribution in [1.82, 2.24) is 11.0 Å². The van der Waals surface area contributed by atoms with E-state index in [0.29, 0.717) is 22.3 Å². The summed E-state index contributed by atoms with van der Waals surface area (Å²) in [6.07, 6.45) is 11.4. The maximum atomic E-state index is 9.39. The van der Waals surface area contributed by atoms with E-state index in [1.54, 1.807) is 12.1 Å². The summed E-state index contributed by atoms with van der Waals surface area (Å²) in [7, 11) is 0. The minimum Gasteiger partial charge on any atom is -0.374 e. The first-order valence-corrected chi connectivity index (χ1v) is 12.7. The number of hydrogen-bond donors (Lipinski definition) is 6. The van der Waals surface area contributed by atoms with Crippen LogP contribution in [0, 0.1) is 10.8 Å². The zero-order valence-corrected chi connectivity index (χ0v) is 21.5. The number of benzene rings is 1. The van der Waals surface area contributed by atoms with E-state index < -0.39 is 0 Å². The van der Waals surface area contributed by atoms with Crippen molar-refractivity contribution in [3.05, 3.63) is 34.4 Å². The van der Waals surface area contributed by atoms with Crippen molar-refractivity contribution in [3.63, 3.8) is 0 Å². The van der Waals surface area contributed by atoms with Gasteiger partial charge in [0.05, 0.1) is 25.4 Å². The van der Waals surface area contributed by atoms with Gasteiger partial charge in [0.2, 0.25) is 0 Å². The Hall–Kier alpha value is -2.00. The predicted octanol–water partition coefficient (Wildman–Crippen LogP) is 6.05. The van der Waals surface area contributed by atoms with E-state index in [1.807, 2.05) is 24.8 Å². The summed E-state index contributed by atoms with van der Waals surface area (Å²) in [5.41, 5.74) is 6.10. The molecule has 0 radical (unpaired) electrons. The standard InChI is InChI=1S/C26H46N4O4/c1-5-7-9-11-13-19(3)33-17-21-15-24(26(28)30-32)22(16-23(21)25(27)29-31)18-34-20(4)14-12-10-8-6-2/h15-16,19-20,31-32H,5-14,17-18H2,1-4H3,(H2,27,29)(H2,28,30). The minimum atomic E-state index is -0.155. The first-order valence-electron chi connectivity index (χ1n) is 12.7. The molecular weight excluding hydrogens is 432 g/mol. The summed E-state index contributed by atoms with van der Waals surface area (Å²) in [5.74, 6) is -0.309. The third kappa shape index (κ3) is 11.0. The summed E-state index contributed by atoms with van der Waals surface area (Å²) < 4.78 is 12.0. The molecule has 2 atom stereocenters. The van der Waals surface area contributed by atoms with Gasteiger partial charge in [0, 0.05) is 11.1 Å². The largest absolute Gasteiger partial charge is 0.374 e. The van der Waals surface area contributed by atoms with Crippen molar-refractivity contribution < 1.29 is 19.9 Å². The van der Waals surface area contributed by atoms with E-state index >= 15 is 0 Å². The second kappa shape index (κ2) is 17.4. The number of amidine groups is 2. The Morgan fingerprint density at radius 2 is 1.12 bits per heavy atom. The van der Waals surface area contributed by atoms with Crippen molar-refractivity contribution in [1.29, 1.82) is 10.8 Å². The van der Waals surface area contributed by atoms with E-state index in [1.165, 1.54) is 38.5 Å². The van der Waals surface area contributed by atoms with Gasteiger partial charge in [-0.1, -0.05) is 65.2 Å². The van der Waals surface area contributed by atoms with E-state index in [0.717, 1.165) is 25.7 Å². The fraction of sp³-hybridized carbons (Fsp3) is 0.692. The Labute approximate surface area is 205 Å². The van der Waals surface area contributed by atoms with Gasteiger partial charge in [-0.2, -0.15) is 0 Å². The van der Waals surface area contributed by atoms with Crippen molar-refractivity contribution in [2.24, 2.45) is 0 Å². The maximum Gasteiger partial charge on any atom is 0.149 e. The van der Waals surface area contributed by atoms with Gasteiger partial charge in [0.1, 0.15) is 11.7 Å². The van der Waals surface area contributed by atoms with Gasteiger partial charge in [0.25, 0.3) is 0 Å². The summed E-state index contributed by atoms with van der Waals surface area (Å²) in [5, 5.41) is 35.1. The monoisotopic (exact) mass is 478 g/mol. The third-order valence-electron chi connectivity index (χ3n) is 6.07. The number of unbranched alkanes of at least 4 members (excludes halogenated alkanes) is 6. The topological polar surface area (TPSA) is 131 Å². The van der Waals surface area contributed by atoms with Crippen LogP contribution in [0.5, 0.6) is 0 Å². The number of ether oxygens (including phenoxy) is 2. The molecule has 0 aliphatic rings. The molecule has 6 N–H and O–H groups in total. The minimum absolute atomic E-state index is 0.0522. The van der Waals surface area contributed by atoms with Crippen LogP contribution < -0.4 is 11.0 Å². The van der Waals surface area contributed by atoms with Crippen LogP contribution in [0.3, 0.4) is 0 Å². The highest BCUT2D eigenvalue weighted by atomic mass is 16.5. The number of hydroxylamine groups is 2. The molecule has 0 aliphatic heterocycles. The predicted molar refractivity (Wildman–Crippen MR) is 136 cm³/mol. The Morgan fingerprint density at radius 3 is 1.44 bits per heavy atom. The molecule has 0 aliphatic carbocycles. The molecular formula is C26H46N4O4. The van der Waals surface area contributed by atoms with Gasteiger partial charge in [0.15, 0.2) is 0 Å². The fourth-order valence-electron chi connectivity index (χ4n) is 3.86. The van der Waals surface area contributed by atoms with E-state index in [2.05, 4.69) is 13.8 Å². The SMILES string of the molecule is CCCCCCC(C)OCc1cc(C(=N)NO)c(COC(C)CCCCCC)cc1C(=N)NO. The number of rotatable bonds is 18. The van der Waals surface area contributed by atoms with Crippen LogP contribution in [-0.4, -0.2) is 34.3 Å². The van der Waals surface area contributed by atoms with E-state index in [-0.39, 0.29) is 37.1 Å². The molecule has 0 amide bonds. The van der Waals surface area contributed by atoms with Gasteiger partial charge < -0.3 is 9.47 Å². The van der Waals surface area contributed by atoms with Crippen LogP contribution in [0.15, 0.2) is 12.1 Å². The fourth-order valence-corrected chi connectivity index (χ4v) is 3.86. The van der Waals surface area contributed by atoms with E-state index in [4.69, 9.17) is 20.3 Å². The first-order chi connectivity index (χ1) is 16.4. The lowest BCUT2D eigenvalue weighted by atomic mass is 9.97. The first kappa shape index (κ1) is 30.0. The highest BCUT2D eigenvalue weighted by molar-refractivity contribution is 6.01. The molecule has 1 aromatic carbocycles. The molecule has 0 aromatic heterocycles. The highest BCUT2D eigenvalue weighted by Crippen LogP contribution is 2.22. The molecule has 34 heavy (non-hydrogen) atoms. The second-order valence-corrected chi connectivity index (χ2v) is 9.08. The van der Waals surface area contributed by atoms with Crippen molar-refractivity contribution in [2.45, 2.75) is 117 Å². The number of hydrogen-bond acceptors (Lipinski definition) is 6. The molecule has 1 aromatic rings. The Kier molecular flexibility index (Phi) is 15.4. The zero-order chi connectivity index (χ0) is 25.3. The average molecular weight is 479 g/mol. The van der Waals surface area contributed by atoms with Crippen LogP contribution >= 0.6 is 0 Å².